The minimum atomic E-state index is -0.996. The summed E-state index contributed by atoms with van der Waals surface area (Å²) in [6, 6.07) is 9.97. The van der Waals surface area contributed by atoms with Crippen LogP contribution in [0.1, 0.15) is 71.2 Å². The molecule has 5 aliphatic rings. The third-order valence-corrected chi connectivity index (χ3v) is 14.3. The lowest BCUT2D eigenvalue weighted by molar-refractivity contribution is -0.136. The van der Waals surface area contributed by atoms with Crippen LogP contribution in [0.3, 0.4) is 0 Å². The molecule has 4 aromatic rings. The van der Waals surface area contributed by atoms with Crippen molar-refractivity contribution in [3.63, 3.8) is 0 Å². The number of nitrogens with one attached hydrogen (secondary N) is 1. The predicted molar refractivity (Wildman–Crippen MR) is 239 cm³/mol. The number of pyridine rings is 2. The van der Waals surface area contributed by atoms with Crippen LogP contribution in [0.2, 0.25) is 0 Å². The fourth-order valence-electron chi connectivity index (χ4n) is 10.6. The number of aromatic nitrogens is 2. The van der Waals surface area contributed by atoms with Gasteiger partial charge in [0.25, 0.3) is 17.4 Å². The Labute approximate surface area is 372 Å². The Morgan fingerprint density at radius 2 is 1.56 bits per heavy atom. The number of nitrogens with zero attached hydrogens (tertiary/aromatic N) is 6. The van der Waals surface area contributed by atoms with Gasteiger partial charge in [0.2, 0.25) is 11.8 Å². The first-order valence-electron chi connectivity index (χ1n) is 22.2. The average molecular weight is 876 g/mol. The Morgan fingerprint density at radius 3 is 2.23 bits per heavy atom. The van der Waals surface area contributed by atoms with Gasteiger partial charge in [0.15, 0.2) is 0 Å². The molecule has 1 N–H and O–H groups in total. The Morgan fingerprint density at radius 1 is 0.844 bits per heavy atom. The third kappa shape index (κ3) is 8.00. The molecule has 3 atom stereocenters. The van der Waals surface area contributed by atoms with E-state index in [9.17, 15) is 24.0 Å². The summed E-state index contributed by atoms with van der Waals surface area (Å²) < 4.78 is 26.2. The molecular weight excluding hydrogens is 819 g/mol. The maximum Gasteiger partial charge on any atom is 0.262 e. The number of fused-ring (bicyclic) bond motifs is 2. The molecular formula is C48H57N7O9. The van der Waals surface area contributed by atoms with Gasteiger partial charge < -0.3 is 33.3 Å². The second-order valence-electron chi connectivity index (χ2n) is 18.5. The normalized spacial score (nSPS) is 22.7. The van der Waals surface area contributed by atoms with Gasteiger partial charge >= 0.3 is 0 Å². The fourth-order valence-corrected chi connectivity index (χ4v) is 10.6. The van der Waals surface area contributed by atoms with Crippen molar-refractivity contribution in [2.75, 3.05) is 73.0 Å². The van der Waals surface area contributed by atoms with Gasteiger partial charge in [0.1, 0.15) is 29.1 Å². The molecule has 4 aliphatic heterocycles. The number of carbonyl (C=O) groups excluding carboxylic acids is 4. The van der Waals surface area contributed by atoms with Crippen molar-refractivity contribution in [3.05, 3.63) is 75.8 Å². The molecule has 4 amide bonds. The highest BCUT2D eigenvalue weighted by Gasteiger charge is 2.48. The number of amides is 4. The third-order valence-electron chi connectivity index (χ3n) is 14.3. The second-order valence-corrected chi connectivity index (χ2v) is 18.5. The number of ether oxygens (including phenoxy) is 4. The molecule has 1 spiro atoms. The first-order valence-corrected chi connectivity index (χ1v) is 22.2. The van der Waals surface area contributed by atoms with Crippen LogP contribution in [0.4, 0.5) is 5.82 Å². The van der Waals surface area contributed by atoms with E-state index in [4.69, 9.17) is 18.9 Å². The quantitative estimate of drug-likeness (QED) is 0.201. The van der Waals surface area contributed by atoms with Gasteiger partial charge in [0.05, 0.1) is 48.5 Å². The summed E-state index contributed by atoms with van der Waals surface area (Å²) >= 11 is 0. The SMILES string of the molecule is COc1cc(-c2cn(C)c(=O)c3cnc(N(C)C)cc23)cc(OC)c1CN1CCC(CN2CCC3(CC2)CC(Oc2ccc4c(c2)C(=O)N(C2CCC(=O)NC2=O)C4=O)C3)C(OC)C1. The van der Waals surface area contributed by atoms with E-state index < -0.39 is 29.7 Å². The van der Waals surface area contributed by atoms with Crippen LogP contribution in [-0.4, -0.2) is 134 Å². The van der Waals surface area contributed by atoms with E-state index in [0.717, 1.165) is 109 Å². The number of hydrogen-bond donors (Lipinski definition) is 1. The minimum Gasteiger partial charge on any atom is -0.496 e. The summed E-state index contributed by atoms with van der Waals surface area (Å²) in [5.41, 5.74) is 3.34. The lowest BCUT2D eigenvalue weighted by Crippen LogP contribution is -2.54. The maximum absolute atomic E-state index is 13.3. The first-order chi connectivity index (χ1) is 30.8. The van der Waals surface area contributed by atoms with E-state index in [-0.39, 0.29) is 47.2 Å². The van der Waals surface area contributed by atoms with Gasteiger partial charge in [-0.15, -0.1) is 0 Å². The van der Waals surface area contributed by atoms with Crippen LogP contribution >= 0.6 is 0 Å². The molecule has 1 saturated carbocycles. The largest absolute Gasteiger partial charge is 0.496 e. The summed E-state index contributed by atoms with van der Waals surface area (Å²) in [5, 5.41) is 3.60. The van der Waals surface area contributed by atoms with Gasteiger partial charge in [0, 0.05) is 83.6 Å². The van der Waals surface area contributed by atoms with E-state index in [1.54, 1.807) is 50.2 Å². The van der Waals surface area contributed by atoms with Crippen LogP contribution in [-0.2, 0) is 27.9 Å². The highest BCUT2D eigenvalue weighted by molar-refractivity contribution is 6.23. The van der Waals surface area contributed by atoms with Gasteiger partial charge in [-0.05, 0) is 106 Å². The Kier molecular flexibility index (Phi) is 11.7. The lowest BCUT2D eigenvalue weighted by Gasteiger charge is -2.52. The molecule has 338 valence electrons. The van der Waals surface area contributed by atoms with Gasteiger partial charge in [-0.25, -0.2) is 4.98 Å². The smallest absolute Gasteiger partial charge is 0.262 e. The van der Waals surface area contributed by atoms with Crippen molar-refractivity contribution in [3.8, 4) is 28.4 Å². The first kappa shape index (κ1) is 43.4. The molecule has 1 aliphatic carbocycles. The zero-order chi connectivity index (χ0) is 45.0. The highest BCUT2D eigenvalue weighted by atomic mass is 16.5. The van der Waals surface area contributed by atoms with Crippen LogP contribution in [0.25, 0.3) is 21.9 Å². The Hall–Kier alpha value is -5.84. The zero-order valence-electron chi connectivity index (χ0n) is 37.5. The Balaban J connectivity index is 0.788. The van der Waals surface area contributed by atoms with Gasteiger partial charge in [-0.2, -0.15) is 0 Å². The van der Waals surface area contributed by atoms with E-state index in [1.165, 1.54) is 0 Å². The number of methoxy groups -OCH3 is 3. The van der Waals surface area contributed by atoms with Crippen molar-refractivity contribution < 1.29 is 38.1 Å². The number of rotatable bonds is 12. The van der Waals surface area contributed by atoms with Crippen molar-refractivity contribution in [2.24, 2.45) is 18.4 Å². The highest BCUT2D eigenvalue weighted by Crippen LogP contribution is 2.51. The van der Waals surface area contributed by atoms with Gasteiger partial charge in [-0.3, -0.25) is 39.1 Å². The zero-order valence-corrected chi connectivity index (χ0v) is 37.5. The van der Waals surface area contributed by atoms with Crippen LogP contribution in [0, 0.1) is 11.3 Å². The van der Waals surface area contributed by atoms with E-state index in [2.05, 4.69) is 20.1 Å². The molecule has 0 radical (unpaired) electrons. The molecule has 3 saturated heterocycles. The van der Waals surface area contributed by atoms with Crippen LogP contribution in [0.15, 0.2) is 53.6 Å². The monoisotopic (exact) mass is 875 g/mol. The van der Waals surface area contributed by atoms with Crippen molar-refractivity contribution in [1.29, 1.82) is 0 Å². The number of hydrogen-bond acceptors (Lipinski definition) is 13. The molecule has 64 heavy (non-hydrogen) atoms. The molecule has 0 bridgehead atoms. The summed E-state index contributed by atoms with van der Waals surface area (Å²) in [4.78, 5) is 76.1. The molecule has 16 nitrogen and oxygen atoms in total. The summed E-state index contributed by atoms with van der Waals surface area (Å²) in [6.45, 7) is 5.37. The maximum atomic E-state index is 13.3. The molecule has 6 heterocycles. The number of aryl methyl sites for hydroxylation is 1. The topological polar surface area (TPSA) is 165 Å². The molecule has 3 unspecified atom stereocenters. The lowest BCUT2D eigenvalue weighted by atomic mass is 9.61. The minimum absolute atomic E-state index is 0.0287. The van der Waals surface area contributed by atoms with E-state index >= 15 is 0 Å². The van der Waals surface area contributed by atoms with E-state index in [1.807, 2.05) is 50.5 Å². The number of piperidine rings is 3. The number of imide groups is 2. The van der Waals surface area contributed by atoms with Crippen LogP contribution in [0.5, 0.6) is 17.2 Å². The second kappa shape index (κ2) is 17.3. The number of anilines is 1. The van der Waals surface area contributed by atoms with Crippen molar-refractivity contribution in [2.45, 2.75) is 69.7 Å². The standard InChI is InChI=1S/C48H57N7O9/c1-51(2)42-20-33-35(23-49-42)45(58)52(3)25-36(33)29-17-39(61-4)37(40(18-29)62-5)26-54-14-11-28(41(27-54)63-6)24-53-15-12-48(13-16-53)21-31(22-48)64-30-7-8-32-34(19-30)47(60)55(46(32)59)38-9-10-43(56)50-44(38)57/h7-8,17-20,23,25,28,31,38,41H,9-16,21-22,24,26-27H2,1-6H3,(H,50,56,57). The van der Waals surface area contributed by atoms with Crippen LogP contribution < -0.4 is 30.0 Å². The van der Waals surface area contributed by atoms with Crippen molar-refractivity contribution >= 4 is 40.2 Å². The molecule has 2 aromatic carbocycles. The molecule has 4 fully saturated rings. The fraction of sp³-hybridized carbons (Fsp3) is 0.500. The Bertz CT molecular complexity index is 2550. The number of benzene rings is 2. The molecule has 16 heteroatoms. The van der Waals surface area contributed by atoms with Gasteiger partial charge in [-0.1, -0.05) is 0 Å². The molecule has 2 aromatic heterocycles. The molecule has 9 rings (SSSR count). The predicted octanol–water partition coefficient (Wildman–Crippen LogP) is 4.25. The van der Waals surface area contributed by atoms with Crippen molar-refractivity contribution in [1.82, 2.24) is 29.6 Å². The summed E-state index contributed by atoms with van der Waals surface area (Å²) in [6.07, 6.45) is 8.89. The summed E-state index contributed by atoms with van der Waals surface area (Å²) in [5.74, 6) is 1.07. The summed E-state index contributed by atoms with van der Waals surface area (Å²) in [7, 11) is 10.8. The van der Waals surface area contributed by atoms with E-state index in [0.29, 0.717) is 23.6 Å². The average Bonchev–Trinajstić information content (AvgIpc) is 3.52. The number of likely N-dealkylation sites (tertiary alicyclic amines) is 2. The number of carbonyl (C=O) groups is 4.